The molecule has 3 heterocycles. The molecule has 0 N–H and O–H groups in total. The van der Waals surface area contributed by atoms with Crippen LogP contribution in [-0.4, -0.2) is 67.7 Å². The van der Waals surface area contributed by atoms with E-state index in [1.165, 1.54) is 10.9 Å². The van der Waals surface area contributed by atoms with Crippen LogP contribution in [0.5, 0.6) is 0 Å². The molecule has 0 aliphatic heterocycles. The molecule has 0 fully saturated rings. The third-order valence-electron chi connectivity index (χ3n) is 5.05. The SMILES string of the molecule is CCN(C)C(=O)c1cnn(C)c1C(=O)Cc1ccc2nc(N(CC)CC)nn2c1. The molecule has 0 saturated heterocycles. The minimum atomic E-state index is -0.209. The monoisotopic (exact) mass is 397 g/mol. The minimum absolute atomic E-state index is 0.145. The van der Waals surface area contributed by atoms with Crippen LogP contribution in [0, 0.1) is 0 Å². The average Bonchev–Trinajstić information content (AvgIpc) is 3.30. The molecule has 0 aliphatic rings. The zero-order valence-electron chi connectivity index (χ0n) is 17.6. The lowest BCUT2D eigenvalue weighted by molar-refractivity contribution is 0.0795. The summed E-state index contributed by atoms with van der Waals surface area (Å²) in [6, 6.07) is 3.72. The van der Waals surface area contributed by atoms with E-state index in [4.69, 9.17) is 0 Å². The van der Waals surface area contributed by atoms with Gasteiger partial charge in [0.05, 0.1) is 11.8 Å². The van der Waals surface area contributed by atoms with E-state index in [0.717, 1.165) is 24.3 Å². The number of rotatable bonds is 8. The number of pyridine rings is 1. The standard InChI is InChI=1S/C20H27N7O2/c1-6-24(4)19(29)15-12-21-25(5)18(15)16(28)11-14-9-10-17-22-20(23-27(17)13-14)26(7-2)8-3/h9-10,12-13H,6-8,11H2,1-5H3. The highest BCUT2D eigenvalue weighted by molar-refractivity contribution is 6.07. The molecule has 9 nitrogen and oxygen atoms in total. The van der Waals surface area contributed by atoms with E-state index in [1.807, 2.05) is 25.3 Å². The van der Waals surface area contributed by atoms with Crippen LogP contribution in [0.25, 0.3) is 5.65 Å². The second-order valence-corrected chi connectivity index (χ2v) is 6.87. The number of carbonyl (C=O) groups is 2. The predicted molar refractivity (Wildman–Crippen MR) is 110 cm³/mol. The Morgan fingerprint density at radius 1 is 1.10 bits per heavy atom. The Kier molecular flexibility index (Phi) is 5.95. The highest BCUT2D eigenvalue weighted by Crippen LogP contribution is 2.16. The van der Waals surface area contributed by atoms with E-state index < -0.39 is 0 Å². The highest BCUT2D eigenvalue weighted by atomic mass is 16.2. The normalized spacial score (nSPS) is 11.1. The van der Waals surface area contributed by atoms with Gasteiger partial charge in [-0.25, -0.2) is 4.52 Å². The van der Waals surface area contributed by atoms with Crippen molar-refractivity contribution in [3.63, 3.8) is 0 Å². The number of amides is 1. The molecule has 3 aromatic heterocycles. The second kappa shape index (κ2) is 8.42. The summed E-state index contributed by atoms with van der Waals surface area (Å²) >= 11 is 0. The van der Waals surface area contributed by atoms with Gasteiger partial charge in [-0.15, -0.1) is 5.10 Å². The van der Waals surface area contributed by atoms with Crippen LogP contribution in [0.2, 0.25) is 0 Å². The molecule has 0 saturated carbocycles. The van der Waals surface area contributed by atoms with Crippen molar-refractivity contribution in [3.8, 4) is 0 Å². The topological polar surface area (TPSA) is 88.6 Å². The Bertz CT molecular complexity index is 1030. The van der Waals surface area contributed by atoms with Gasteiger partial charge >= 0.3 is 0 Å². The van der Waals surface area contributed by atoms with Gasteiger partial charge in [-0.1, -0.05) is 6.07 Å². The summed E-state index contributed by atoms with van der Waals surface area (Å²) in [7, 11) is 3.38. The maximum absolute atomic E-state index is 13.0. The maximum Gasteiger partial charge on any atom is 0.257 e. The minimum Gasteiger partial charge on any atom is -0.342 e. The van der Waals surface area contributed by atoms with E-state index in [9.17, 15) is 9.59 Å². The summed E-state index contributed by atoms with van der Waals surface area (Å²) in [5, 5.41) is 8.65. The summed E-state index contributed by atoms with van der Waals surface area (Å²) in [5.41, 5.74) is 2.16. The fourth-order valence-corrected chi connectivity index (χ4v) is 3.20. The molecular weight excluding hydrogens is 370 g/mol. The zero-order valence-corrected chi connectivity index (χ0v) is 17.6. The van der Waals surface area contributed by atoms with Crippen LogP contribution in [-0.2, 0) is 13.5 Å². The zero-order chi connectivity index (χ0) is 21.1. The van der Waals surface area contributed by atoms with Crippen LogP contribution >= 0.6 is 0 Å². The molecule has 9 heteroatoms. The van der Waals surface area contributed by atoms with Crippen molar-refractivity contribution in [1.29, 1.82) is 0 Å². The largest absolute Gasteiger partial charge is 0.342 e. The number of hydrogen-bond acceptors (Lipinski definition) is 6. The van der Waals surface area contributed by atoms with Crippen LogP contribution in [0.4, 0.5) is 5.95 Å². The Morgan fingerprint density at radius 2 is 1.83 bits per heavy atom. The molecule has 1 amide bonds. The first-order chi connectivity index (χ1) is 13.9. The summed E-state index contributed by atoms with van der Waals surface area (Å²) in [6.07, 6.45) is 3.41. The van der Waals surface area contributed by atoms with E-state index in [1.54, 1.807) is 23.5 Å². The molecule has 0 atom stereocenters. The molecule has 0 radical (unpaired) electrons. The van der Waals surface area contributed by atoms with Gasteiger partial charge < -0.3 is 9.80 Å². The number of aromatic nitrogens is 5. The Balaban J connectivity index is 1.87. The Labute approximate surface area is 169 Å². The van der Waals surface area contributed by atoms with Gasteiger partial charge in [-0.05, 0) is 32.4 Å². The number of fused-ring (bicyclic) bond motifs is 1. The Hall–Kier alpha value is -3.23. The molecular formula is C20H27N7O2. The molecule has 3 rings (SSSR count). The van der Waals surface area contributed by atoms with Crippen molar-refractivity contribution >= 4 is 23.3 Å². The average molecular weight is 397 g/mol. The van der Waals surface area contributed by atoms with Crippen LogP contribution in [0.1, 0.15) is 47.2 Å². The third kappa shape index (κ3) is 3.98. The van der Waals surface area contributed by atoms with Gasteiger partial charge in [0.25, 0.3) is 5.91 Å². The molecule has 29 heavy (non-hydrogen) atoms. The molecule has 0 aromatic carbocycles. The first-order valence-corrected chi connectivity index (χ1v) is 9.80. The number of Topliss-reactive ketones (excluding diaryl/α,β-unsaturated/α-hetero) is 1. The van der Waals surface area contributed by atoms with Crippen molar-refractivity contribution < 1.29 is 9.59 Å². The number of anilines is 1. The van der Waals surface area contributed by atoms with Crippen molar-refractivity contribution in [2.75, 3.05) is 31.6 Å². The van der Waals surface area contributed by atoms with E-state index in [0.29, 0.717) is 23.8 Å². The Morgan fingerprint density at radius 3 is 2.48 bits per heavy atom. The number of aryl methyl sites for hydroxylation is 1. The number of carbonyl (C=O) groups excluding carboxylic acids is 2. The molecule has 0 unspecified atom stereocenters. The van der Waals surface area contributed by atoms with Crippen LogP contribution in [0.15, 0.2) is 24.5 Å². The fraction of sp³-hybridized carbons (Fsp3) is 0.450. The molecule has 154 valence electrons. The third-order valence-corrected chi connectivity index (χ3v) is 5.05. The van der Waals surface area contributed by atoms with Crippen molar-refractivity contribution in [1.82, 2.24) is 29.3 Å². The summed E-state index contributed by atoms with van der Waals surface area (Å²) in [5.74, 6) is 0.293. The fourth-order valence-electron chi connectivity index (χ4n) is 3.20. The maximum atomic E-state index is 13.0. The quantitative estimate of drug-likeness (QED) is 0.539. The highest BCUT2D eigenvalue weighted by Gasteiger charge is 2.24. The number of ketones is 1. The van der Waals surface area contributed by atoms with Gasteiger partial charge in [0.15, 0.2) is 11.4 Å². The van der Waals surface area contributed by atoms with Gasteiger partial charge in [-0.3, -0.25) is 14.3 Å². The lowest BCUT2D eigenvalue weighted by Gasteiger charge is -2.14. The number of nitrogens with zero attached hydrogens (tertiary/aromatic N) is 7. The van der Waals surface area contributed by atoms with Crippen molar-refractivity contribution in [2.24, 2.45) is 7.05 Å². The lowest BCUT2D eigenvalue weighted by Crippen LogP contribution is -2.28. The molecule has 0 aliphatic carbocycles. The predicted octanol–water partition coefficient (Wildman–Crippen LogP) is 1.83. The van der Waals surface area contributed by atoms with E-state index >= 15 is 0 Å². The van der Waals surface area contributed by atoms with Crippen molar-refractivity contribution in [3.05, 3.63) is 41.3 Å². The molecule has 3 aromatic rings. The lowest BCUT2D eigenvalue weighted by atomic mass is 10.1. The van der Waals surface area contributed by atoms with Crippen molar-refractivity contribution in [2.45, 2.75) is 27.2 Å². The van der Waals surface area contributed by atoms with Gasteiger partial charge in [-0.2, -0.15) is 10.1 Å². The van der Waals surface area contributed by atoms with E-state index in [2.05, 4.69) is 33.9 Å². The summed E-state index contributed by atoms with van der Waals surface area (Å²) < 4.78 is 3.15. The van der Waals surface area contributed by atoms with Crippen LogP contribution < -0.4 is 4.90 Å². The van der Waals surface area contributed by atoms with Gasteiger partial charge in [0.1, 0.15) is 5.69 Å². The van der Waals surface area contributed by atoms with Gasteiger partial charge in [0.2, 0.25) is 5.95 Å². The molecule has 0 bridgehead atoms. The first kappa shape index (κ1) is 20.5. The van der Waals surface area contributed by atoms with Gasteiger partial charge in [0, 0.05) is 46.3 Å². The molecule has 0 spiro atoms. The summed E-state index contributed by atoms with van der Waals surface area (Å²) in [6.45, 7) is 8.20. The smallest absolute Gasteiger partial charge is 0.257 e. The summed E-state index contributed by atoms with van der Waals surface area (Å²) in [4.78, 5) is 33.7. The first-order valence-electron chi connectivity index (χ1n) is 9.80. The van der Waals surface area contributed by atoms with E-state index in [-0.39, 0.29) is 18.1 Å². The van der Waals surface area contributed by atoms with Crippen LogP contribution in [0.3, 0.4) is 0 Å². The second-order valence-electron chi connectivity index (χ2n) is 6.87. The number of hydrogen-bond donors (Lipinski definition) is 0.